The molecule has 0 aliphatic rings. The summed E-state index contributed by atoms with van der Waals surface area (Å²) in [7, 11) is -2.97. The van der Waals surface area contributed by atoms with Crippen LogP contribution in [0, 0.1) is 0 Å². The van der Waals surface area contributed by atoms with Crippen molar-refractivity contribution in [2.24, 2.45) is 10.9 Å². The van der Waals surface area contributed by atoms with Crippen LogP contribution in [0.15, 0.2) is 35.5 Å². The Morgan fingerprint density at radius 3 is 2.58 bits per heavy atom. The molecule has 0 fully saturated rings. The highest BCUT2D eigenvalue weighted by molar-refractivity contribution is 8.00. The van der Waals surface area contributed by atoms with Crippen molar-refractivity contribution in [3.8, 4) is 0 Å². The van der Waals surface area contributed by atoms with E-state index in [2.05, 4.69) is 5.16 Å². The molecule has 0 amide bonds. The summed E-state index contributed by atoms with van der Waals surface area (Å²) in [5.74, 6) is 0.745. The molecule has 0 saturated heterocycles. The molecule has 0 bridgehead atoms. The fraction of sp³-hybridized carbons (Fsp3) is 0.417. The molecule has 0 radical (unpaired) electrons. The number of thioether (sulfide) groups is 1. The molecule has 0 spiro atoms. The highest BCUT2D eigenvalue weighted by atomic mass is 32.2. The quantitative estimate of drug-likeness (QED) is 0.346. The Hall–Kier alpha value is -1.21. The number of benzene rings is 1. The molecule has 5 nitrogen and oxygen atoms in total. The Morgan fingerprint density at radius 1 is 1.42 bits per heavy atom. The molecule has 1 rings (SSSR count). The molecule has 0 aliphatic heterocycles. The van der Waals surface area contributed by atoms with Gasteiger partial charge < -0.3 is 10.9 Å². The monoisotopic (exact) mass is 302 g/mol. The van der Waals surface area contributed by atoms with Crippen molar-refractivity contribution in [1.82, 2.24) is 0 Å². The van der Waals surface area contributed by atoms with Gasteiger partial charge >= 0.3 is 0 Å². The van der Waals surface area contributed by atoms with E-state index >= 15 is 0 Å². The third-order valence-electron chi connectivity index (χ3n) is 2.47. The van der Waals surface area contributed by atoms with Crippen LogP contribution in [0.3, 0.4) is 0 Å². The number of rotatable bonds is 7. The molecule has 106 valence electrons. The highest BCUT2D eigenvalue weighted by Crippen LogP contribution is 2.31. The van der Waals surface area contributed by atoms with Crippen LogP contribution in [0.1, 0.15) is 17.2 Å². The second-order valence-electron chi connectivity index (χ2n) is 4.20. The van der Waals surface area contributed by atoms with Gasteiger partial charge in [0.1, 0.15) is 15.7 Å². The SMILES string of the molecule is CS(=O)(=O)CCSC(CC(N)=NO)c1ccccc1. The van der Waals surface area contributed by atoms with E-state index in [0.29, 0.717) is 12.2 Å². The molecule has 19 heavy (non-hydrogen) atoms. The van der Waals surface area contributed by atoms with E-state index in [1.54, 1.807) is 0 Å². The van der Waals surface area contributed by atoms with Gasteiger partial charge in [-0.2, -0.15) is 11.8 Å². The Balaban J connectivity index is 2.71. The molecule has 1 atom stereocenters. The van der Waals surface area contributed by atoms with E-state index in [-0.39, 0.29) is 16.8 Å². The van der Waals surface area contributed by atoms with E-state index in [1.165, 1.54) is 18.0 Å². The Labute approximate surface area is 117 Å². The molecule has 3 N–H and O–H groups in total. The van der Waals surface area contributed by atoms with E-state index in [0.717, 1.165) is 5.56 Å². The number of sulfone groups is 1. The topological polar surface area (TPSA) is 92.8 Å². The van der Waals surface area contributed by atoms with Gasteiger partial charge in [-0.3, -0.25) is 0 Å². The Bertz CT molecular complexity index is 515. The lowest BCUT2D eigenvalue weighted by Crippen LogP contribution is -2.16. The van der Waals surface area contributed by atoms with Gasteiger partial charge in [0.25, 0.3) is 0 Å². The standard InChI is InChI=1S/C12H18N2O3S2/c1-19(16,17)8-7-18-11(9-12(13)14-15)10-5-3-2-4-6-10/h2-6,11,15H,7-9H2,1H3,(H2,13,14). The second kappa shape index (κ2) is 7.40. The normalized spacial score (nSPS) is 14.3. The molecule has 1 aromatic carbocycles. The molecule has 0 aliphatic carbocycles. The van der Waals surface area contributed by atoms with Gasteiger partial charge in [-0.25, -0.2) is 8.42 Å². The summed E-state index contributed by atoms with van der Waals surface area (Å²) in [6, 6.07) is 9.62. The van der Waals surface area contributed by atoms with E-state index in [1.807, 2.05) is 30.3 Å². The fourth-order valence-corrected chi connectivity index (χ4v) is 4.03. The van der Waals surface area contributed by atoms with Crippen molar-refractivity contribution in [3.63, 3.8) is 0 Å². The minimum atomic E-state index is -2.97. The lowest BCUT2D eigenvalue weighted by molar-refractivity contribution is 0.317. The minimum Gasteiger partial charge on any atom is -0.409 e. The van der Waals surface area contributed by atoms with Gasteiger partial charge in [0.2, 0.25) is 0 Å². The summed E-state index contributed by atoms with van der Waals surface area (Å²) in [5.41, 5.74) is 6.57. The number of hydrogen-bond donors (Lipinski definition) is 2. The van der Waals surface area contributed by atoms with Gasteiger partial charge in [0.15, 0.2) is 0 Å². The van der Waals surface area contributed by atoms with E-state index in [4.69, 9.17) is 10.9 Å². The molecule has 7 heteroatoms. The average Bonchev–Trinajstić information content (AvgIpc) is 2.37. The van der Waals surface area contributed by atoms with Crippen LogP contribution < -0.4 is 5.73 Å². The third-order valence-corrected chi connectivity index (χ3v) is 4.95. The number of oxime groups is 1. The molecular weight excluding hydrogens is 284 g/mol. The highest BCUT2D eigenvalue weighted by Gasteiger charge is 2.15. The van der Waals surface area contributed by atoms with Gasteiger partial charge in [-0.1, -0.05) is 35.5 Å². The van der Waals surface area contributed by atoms with Gasteiger partial charge in [-0.15, -0.1) is 0 Å². The molecular formula is C12H18N2O3S2. The maximum absolute atomic E-state index is 11.1. The first-order chi connectivity index (χ1) is 8.92. The van der Waals surface area contributed by atoms with Crippen LogP contribution in [0.5, 0.6) is 0 Å². The van der Waals surface area contributed by atoms with Crippen molar-refractivity contribution in [1.29, 1.82) is 0 Å². The smallest absolute Gasteiger partial charge is 0.148 e. The van der Waals surface area contributed by atoms with E-state index in [9.17, 15) is 8.42 Å². The summed E-state index contributed by atoms with van der Waals surface area (Å²) >= 11 is 1.49. The van der Waals surface area contributed by atoms with Crippen LogP contribution in [0.4, 0.5) is 0 Å². The summed E-state index contributed by atoms with van der Waals surface area (Å²) in [6.07, 6.45) is 1.60. The summed E-state index contributed by atoms with van der Waals surface area (Å²) < 4.78 is 22.3. The van der Waals surface area contributed by atoms with Crippen LogP contribution in [0.25, 0.3) is 0 Å². The van der Waals surface area contributed by atoms with E-state index < -0.39 is 9.84 Å². The summed E-state index contributed by atoms with van der Waals surface area (Å²) in [5, 5.41) is 11.6. The van der Waals surface area contributed by atoms with Crippen LogP contribution in [0.2, 0.25) is 0 Å². The first kappa shape index (κ1) is 15.8. The minimum absolute atomic E-state index is 0.0150. The maximum Gasteiger partial charge on any atom is 0.148 e. The predicted octanol–water partition coefficient (Wildman–Crippen LogP) is 1.64. The largest absolute Gasteiger partial charge is 0.409 e. The number of amidine groups is 1. The van der Waals surface area contributed by atoms with Gasteiger partial charge in [-0.05, 0) is 5.56 Å². The zero-order valence-corrected chi connectivity index (χ0v) is 12.3. The average molecular weight is 302 g/mol. The fourth-order valence-electron chi connectivity index (χ4n) is 1.51. The molecule has 0 aromatic heterocycles. The predicted molar refractivity (Wildman–Crippen MR) is 79.4 cm³/mol. The zero-order chi connectivity index (χ0) is 14.3. The van der Waals surface area contributed by atoms with Crippen molar-refractivity contribution >= 4 is 27.4 Å². The maximum atomic E-state index is 11.1. The van der Waals surface area contributed by atoms with Gasteiger partial charge in [0, 0.05) is 23.7 Å². The van der Waals surface area contributed by atoms with Gasteiger partial charge in [0.05, 0.1) is 5.75 Å². The van der Waals surface area contributed by atoms with Crippen molar-refractivity contribution < 1.29 is 13.6 Å². The van der Waals surface area contributed by atoms with Crippen LogP contribution in [-0.2, 0) is 9.84 Å². The Morgan fingerprint density at radius 2 is 2.05 bits per heavy atom. The second-order valence-corrected chi connectivity index (χ2v) is 7.77. The molecule has 0 saturated carbocycles. The molecule has 1 aromatic rings. The first-order valence-corrected chi connectivity index (χ1v) is 8.84. The molecule has 0 heterocycles. The lowest BCUT2D eigenvalue weighted by Gasteiger charge is -2.16. The lowest BCUT2D eigenvalue weighted by atomic mass is 10.1. The summed E-state index contributed by atoms with van der Waals surface area (Å²) in [6.45, 7) is 0. The third kappa shape index (κ3) is 6.49. The Kier molecular flexibility index (Phi) is 6.17. The van der Waals surface area contributed by atoms with Crippen molar-refractivity contribution in [3.05, 3.63) is 35.9 Å². The molecule has 1 unspecified atom stereocenters. The van der Waals surface area contributed by atoms with Crippen LogP contribution in [-0.4, -0.2) is 37.2 Å². The van der Waals surface area contributed by atoms with Crippen molar-refractivity contribution in [2.75, 3.05) is 17.8 Å². The number of nitrogens with two attached hydrogens (primary N) is 1. The van der Waals surface area contributed by atoms with Crippen molar-refractivity contribution in [2.45, 2.75) is 11.7 Å². The number of nitrogens with zero attached hydrogens (tertiary/aromatic N) is 1. The summed E-state index contributed by atoms with van der Waals surface area (Å²) in [4.78, 5) is 0. The van der Waals surface area contributed by atoms with Crippen LogP contribution >= 0.6 is 11.8 Å². The first-order valence-electron chi connectivity index (χ1n) is 5.73. The zero-order valence-electron chi connectivity index (χ0n) is 10.7. The number of hydrogen-bond acceptors (Lipinski definition) is 5.